The predicted molar refractivity (Wildman–Crippen MR) is 52.4 cm³/mol. The van der Waals surface area contributed by atoms with Crippen molar-refractivity contribution >= 4 is 23.1 Å². The number of benzene rings is 1. The van der Waals surface area contributed by atoms with Crippen molar-refractivity contribution in [3.63, 3.8) is 0 Å². The van der Waals surface area contributed by atoms with Gasteiger partial charge in [0.1, 0.15) is 5.75 Å². The zero-order valence-electron chi connectivity index (χ0n) is 7.43. The number of methoxy groups -OCH3 is 1. The van der Waals surface area contributed by atoms with Gasteiger partial charge in [-0.25, -0.2) is 0 Å². The molecule has 0 aliphatic rings. The molecule has 0 radical (unpaired) electrons. The molecule has 0 atom stereocenters. The molecule has 0 bridgehead atoms. The van der Waals surface area contributed by atoms with Gasteiger partial charge in [0.15, 0.2) is 5.78 Å². The number of carbonyl (C=O) groups is 1. The smallest absolute Gasteiger partial charge is 0.165 e. The maximum Gasteiger partial charge on any atom is 0.165 e. The molecule has 2 N–H and O–H groups in total. The molecule has 1 rings (SSSR count). The molecule has 0 aromatic heterocycles. The number of halogens is 1. The summed E-state index contributed by atoms with van der Waals surface area (Å²) in [6, 6.07) is 3.09. The minimum atomic E-state index is -0.133. The van der Waals surface area contributed by atoms with Gasteiger partial charge in [-0.2, -0.15) is 0 Å². The van der Waals surface area contributed by atoms with Crippen molar-refractivity contribution in [1.29, 1.82) is 0 Å². The number of nitrogen functional groups attached to an aromatic ring is 1. The molecule has 0 heterocycles. The molecule has 1 aromatic carbocycles. The summed E-state index contributed by atoms with van der Waals surface area (Å²) in [5.41, 5.74) is 6.34. The van der Waals surface area contributed by atoms with Crippen LogP contribution in [0.15, 0.2) is 12.1 Å². The standard InChI is InChI=1S/C9H10ClNO2/c1-5(12)9-7(11)3-6(10)4-8(9)13-2/h3-4H,11H2,1-2H3. The SMILES string of the molecule is COc1cc(Cl)cc(N)c1C(C)=O. The zero-order chi connectivity index (χ0) is 10.0. The maximum absolute atomic E-state index is 11.2. The fourth-order valence-electron chi connectivity index (χ4n) is 1.14. The number of anilines is 1. The molecule has 13 heavy (non-hydrogen) atoms. The molecule has 4 heteroatoms. The Bertz CT molecular complexity index is 350. The first-order valence-corrected chi connectivity index (χ1v) is 4.08. The highest BCUT2D eigenvalue weighted by Crippen LogP contribution is 2.29. The van der Waals surface area contributed by atoms with Crippen molar-refractivity contribution in [3.05, 3.63) is 22.7 Å². The number of rotatable bonds is 2. The van der Waals surface area contributed by atoms with Gasteiger partial charge in [0, 0.05) is 10.7 Å². The highest BCUT2D eigenvalue weighted by atomic mass is 35.5. The summed E-state index contributed by atoms with van der Waals surface area (Å²) in [6.45, 7) is 1.43. The van der Waals surface area contributed by atoms with E-state index in [-0.39, 0.29) is 5.78 Å². The van der Waals surface area contributed by atoms with E-state index in [1.165, 1.54) is 20.1 Å². The summed E-state index contributed by atoms with van der Waals surface area (Å²) in [6.07, 6.45) is 0. The first kappa shape index (κ1) is 9.86. The van der Waals surface area contributed by atoms with E-state index >= 15 is 0 Å². The summed E-state index contributed by atoms with van der Waals surface area (Å²) in [5, 5.41) is 0.458. The summed E-state index contributed by atoms with van der Waals surface area (Å²) >= 11 is 5.73. The quantitative estimate of drug-likeness (QED) is 0.587. The summed E-state index contributed by atoms with van der Waals surface area (Å²) in [7, 11) is 1.47. The molecule has 0 aliphatic carbocycles. The minimum absolute atomic E-state index is 0.133. The third-order valence-corrected chi connectivity index (χ3v) is 1.89. The number of Topliss-reactive ketones (excluding diaryl/α,β-unsaturated/α-hetero) is 1. The topological polar surface area (TPSA) is 52.3 Å². The Hall–Kier alpha value is -1.22. The van der Waals surface area contributed by atoms with Crippen LogP contribution in [0.5, 0.6) is 5.75 Å². The molecule has 0 saturated heterocycles. The monoisotopic (exact) mass is 199 g/mol. The Morgan fingerprint density at radius 1 is 1.54 bits per heavy atom. The van der Waals surface area contributed by atoms with E-state index in [1.807, 2.05) is 0 Å². The Kier molecular flexibility index (Phi) is 2.78. The molecule has 0 unspecified atom stereocenters. The molecular weight excluding hydrogens is 190 g/mol. The second-order valence-corrected chi connectivity index (χ2v) is 3.06. The van der Waals surface area contributed by atoms with Crippen LogP contribution in [-0.4, -0.2) is 12.9 Å². The lowest BCUT2D eigenvalue weighted by Crippen LogP contribution is -2.02. The van der Waals surface area contributed by atoms with Gasteiger partial charge >= 0.3 is 0 Å². The molecule has 70 valence electrons. The Morgan fingerprint density at radius 3 is 2.62 bits per heavy atom. The third-order valence-electron chi connectivity index (χ3n) is 1.67. The van der Waals surface area contributed by atoms with Crippen LogP contribution >= 0.6 is 11.6 Å². The third kappa shape index (κ3) is 1.92. The maximum atomic E-state index is 11.2. The van der Waals surface area contributed by atoms with E-state index in [0.29, 0.717) is 22.0 Å². The Balaban J connectivity index is 3.38. The number of ketones is 1. The molecule has 0 spiro atoms. The predicted octanol–water partition coefficient (Wildman–Crippen LogP) is 2.13. The van der Waals surface area contributed by atoms with Crippen LogP contribution < -0.4 is 10.5 Å². The largest absolute Gasteiger partial charge is 0.496 e. The van der Waals surface area contributed by atoms with Crippen molar-refractivity contribution in [1.82, 2.24) is 0 Å². The normalized spacial score (nSPS) is 9.77. The fraction of sp³-hybridized carbons (Fsp3) is 0.222. The Labute approximate surface area is 81.4 Å². The number of hydrogen-bond acceptors (Lipinski definition) is 3. The molecule has 3 nitrogen and oxygen atoms in total. The molecule has 1 aromatic rings. The van der Waals surface area contributed by atoms with Gasteiger partial charge in [-0.05, 0) is 19.1 Å². The summed E-state index contributed by atoms with van der Waals surface area (Å²) in [4.78, 5) is 11.2. The van der Waals surface area contributed by atoms with Crippen LogP contribution in [0.2, 0.25) is 5.02 Å². The van der Waals surface area contributed by atoms with Gasteiger partial charge in [-0.3, -0.25) is 4.79 Å². The lowest BCUT2D eigenvalue weighted by Gasteiger charge is -2.08. The van der Waals surface area contributed by atoms with Crippen LogP contribution in [0.1, 0.15) is 17.3 Å². The van der Waals surface area contributed by atoms with E-state index in [9.17, 15) is 4.79 Å². The molecule has 0 aliphatic heterocycles. The van der Waals surface area contributed by atoms with E-state index in [4.69, 9.17) is 22.1 Å². The summed E-state index contributed by atoms with van der Waals surface area (Å²) < 4.78 is 4.98. The highest BCUT2D eigenvalue weighted by molar-refractivity contribution is 6.31. The van der Waals surface area contributed by atoms with Crippen molar-refractivity contribution in [3.8, 4) is 5.75 Å². The minimum Gasteiger partial charge on any atom is -0.496 e. The average molecular weight is 200 g/mol. The molecule has 0 amide bonds. The van der Waals surface area contributed by atoms with Crippen LogP contribution in [0.3, 0.4) is 0 Å². The van der Waals surface area contributed by atoms with Gasteiger partial charge in [0.25, 0.3) is 0 Å². The van der Waals surface area contributed by atoms with Crippen LogP contribution in [0.25, 0.3) is 0 Å². The molecule has 0 fully saturated rings. The number of carbonyl (C=O) groups excluding carboxylic acids is 1. The second kappa shape index (κ2) is 3.66. The number of hydrogen-bond donors (Lipinski definition) is 1. The van der Waals surface area contributed by atoms with Gasteiger partial charge in [-0.15, -0.1) is 0 Å². The van der Waals surface area contributed by atoms with Crippen LogP contribution in [0.4, 0.5) is 5.69 Å². The van der Waals surface area contributed by atoms with E-state index in [0.717, 1.165) is 0 Å². The van der Waals surface area contributed by atoms with Crippen LogP contribution in [0, 0.1) is 0 Å². The zero-order valence-corrected chi connectivity index (χ0v) is 8.18. The Morgan fingerprint density at radius 2 is 2.15 bits per heavy atom. The lowest BCUT2D eigenvalue weighted by atomic mass is 10.1. The van der Waals surface area contributed by atoms with Gasteiger partial charge < -0.3 is 10.5 Å². The highest BCUT2D eigenvalue weighted by Gasteiger charge is 2.12. The average Bonchev–Trinajstić information content (AvgIpc) is 2.01. The first-order chi connectivity index (χ1) is 6.06. The van der Waals surface area contributed by atoms with Crippen LogP contribution in [-0.2, 0) is 0 Å². The fourth-order valence-corrected chi connectivity index (χ4v) is 1.36. The first-order valence-electron chi connectivity index (χ1n) is 3.70. The molecule has 0 saturated carbocycles. The van der Waals surface area contributed by atoms with Crippen molar-refractivity contribution < 1.29 is 9.53 Å². The van der Waals surface area contributed by atoms with Gasteiger partial charge in [0.2, 0.25) is 0 Å². The lowest BCUT2D eigenvalue weighted by molar-refractivity contribution is 0.101. The molecular formula is C9H10ClNO2. The van der Waals surface area contributed by atoms with Crippen molar-refractivity contribution in [2.24, 2.45) is 0 Å². The number of ether oxygens (including phenoxy) is 1. The number of nitrogens with two attached hydrogens (primary N) is 1. The summed E-state index contributed by atoms with van der Waals surface area (Å²) in [5.74, 6) is 0.281. The van der Waals surface area contributed by atoms with Crippen molar-refractivity contribution in [2.45, 2.75) is 6.92 Å². The van der Waals surface area contributed by atoms with Gasteiger partial charge in [-0.1, -0.05) is 11.6 Å². The van der Waals surface area contributed by atoms with Crippen molar-refractivity contribution in [2.75, 3.05) is 12.8 Å². The van der Waals surface area contributed by atoms with E-state index in [1.54, 1.807) is 6.07 Å². The van der Waals surface area contributed by atoms with Gasteiger partial charge in [0.05, 0.1) is 12.7 Å². The second-order valence-electron chi connectivity index (χ2n) is 2.63. The van der Waals surface area contributed by atoms with E-state index < -0.39 is 0 Å². The van der Waals surface area contributed by atoms with E-state index in [2.05, 4.69) is 0 Å².